The average Bonchev–Trinajstić information content (AvgIpc) is 2.88. The molecule has 4 heteroatoms. The van der Waals surface area contributed by atoms with Crippen LogP contribution < -0.4 is 0 Å². The van der Waals surface area contributed by atoms with E-state index in [2.05, 4.69) is 29.3 Å². The van der Waals surface area contributed by atoms with E-state index in [1.165, 1.54) is 4.88 Å². The van der Waals surface area contributed by atoms with Crippen LogP contribution in [0.2, 0.25) is 0 Å². The standard InChI is InChI=1S/C12H17NO2S/c1-2-10(11-4-3-7-16-11)13-6-5-9(8-13)12(14)15/h3-4,7,9-10H,2,5-6,8H2,1H3,(H,14,15). The SMILES string of the molecule is CCC(c1cccs1)N1CCC(C(=O)O)C1. The fraction of sp³-hybridized carbons (Fsp3) is 0.583. The molecule has 0 amide bonds. The second kappa shape index (κ2) is 4.97. The highest BCUT2D eigenvalue weighted by molar-refractivity contribution is 7.10. The van der Waals surface area contributed by atoms with Gasteiger partial charge in [-0.2, -0.15) is 0 Å². The van der Waals surface area contributed by atoms with Crippen LogP contribution >= 0.6 is 11.3 Å². The van der Waals surface area contributed by atoms with Gasteiger partial charge in [-0.1, -0.05) is 13.0 Å². The fourth-order valence-electron chi connectivity index (χ4n) is 2.39. The molecule has 0 aliphatic carbocycles. The number of rotatable bonds is 4. The van der Waals surface area contributed by atoms with E-state index in [0.29, 0.717) is 12.6 Å². The molecule has 0 aromatic carbocycles. The number of carboxylic acid groups (broad SMARTS) is 1. The van der Waals surface area contributed by atoms with Gasteiger partial charge in [0.25, 0.3) is 0 Å². The van der Waals surface area contributed by atoms with Gasteiger partial charge in [0.05, 0.1) is 5.92 Å². The summed E-state index contributed by atoms with van der Waals surface area (Å²) >= 11 is 1.76. The Morgan fingerprint density at radius 2 is 2.56 bits per heavy atom. The second-order valence-electron chi connectivity index (χ2n) is 4.26. The van der Waals surface area contributed by atoms with Gasteiger partial charge in [-0.25, -0.2) is 0 Å². The number of hydrogen-bond donors (Lipinski definition) is 1. The van der Waals surface area contributed by atoms with Crippen molar-refractivity contribution in [2.45, 2.75) is 25.8 Å². The van der Waals surface area contributed by atoms with Crippen molar-refractivity contribution in [3.05, 3.63) is 22.4 Å². The number of aliphatic carboxylic acids is 1. The number of carboxylic acids is 1. The zero-order valence-electron chi connectivity index (χ0n) is 9.43. The quantitative estimate of drug-likeness (QED) is 0.878. The molecule has 88 valence electrons. The molecular formula is C12H17NO2S. The summed E-state index contributed by atoms with van der Waals surface area (Å²) in [5.74, 6) is -0.822. The third kappa shape index (κ3) is 2.28. The molecule has 16 heavy (non-hydrogen) atoms. The largest absolute Gasteiger partial charge is 0.481 e. The maximum atomic E-state index is 10.9. The lowest BCUT2D eigenvalue weighted by molar-refractivity contribution is -0.141. The Bertz CT molecular complexity index is 350. The first-order chi connectivity index (χ1) is 7.72. The van der Waals surface area contributed by atoms with E-state index in [-0.39, 0.29) is 5.92 Å². The van der Waals surface area contributed by atoms with E-state index in [1.54, 1.807) is 11.3 Å². The molecule has 1 aliphatic heterocycles. The van der Waals surface area contributed by atoms with Crippen molar-refractivity contribution in [3.63, 3.8) is 0 Å². The van der Waals surface area contributed by atoms with E-state index in [4.69, 9.17) is 5.11 Å². The monoisotopic (exact) mass is 239 g/mol. The minimum absolute atomic E-state index is 0.172. The van der Waals surface area contributed by atoms with Crippen LogP contribution in [0.4, 0.5) is 0 Å². The fourth-order valence-corrected chi connectivity index (χ4v) is 3.34. The Hall–Kier alpha value is -0.870. The first-order valence-electron chi connectivity index (χ1n) is 5.72. The van der Waals surface area contributed by atoms with Crippen molar-refractivity contribution in [1.29, 1.82) is 0 Å². The highest BCUT2D eigenvalue weighted by atomic mass is 32.1. The van der Waals surface area contributed by atoms with Crippen LogP contribution in [0, 0.1) is 5.92 Å². The predicted molar refractivity (Wildman–Crippen MR) is 64.7 cm³/mol. The maximum absolute atomic E-state index is 10.9. The molecule has 2 atom stereocenters. The van der Waals surface area contributed by atoms with Crippen LogP contribution in [-0.2, 0) is 4.79 Å². The summed E-state index contributed by atoms with van der Waals surface area (Å²) in [6, 6.07) is 4.62. The summed E-state index contributed by atoms with van der Waals surface area (Å²) in [5.41, 5.74) is 0. The number of hydrogen-bond acceptors (Lipinski definition) is 3. The molecule has 0 spiro atoms. The minimum atomic E-state index is -0.650. The lowest BCUT2D eigenvalue weighted by Gasteiger charge is -2.25. The molecule has 2 rings (SSSR count). The normalized spacial score (nSPS) is 23.4. The van der Waals surface area contributed by atoms with Crippen molar-refractivity contribution in [3.8, 4) is 0 Å². The van der Waals surface area contributed by atoms with Gasteiger partial charge in [0.1, 0.15) is 0 Å². The molecule has 2 heterocycles. The van der Waals surface area contributed by atoms with Crippen LogP contribution in [0.1, 0.15) is 30.7 Å². The Morgan fingerprint density at radius 3 is 3.06 bits per heavy atom. The van der Waals surface area contributed by atoms with Gasteiger partial charge in [-0.3, -0.25) is 9.69 Å². The first-order valence-corrected chi connectivity index (χ1v) is 6.60. The molecule has 0 radical (unpaired) electrons. The van der Waals surface area contributed by atoms with E-state index in [1.807, 2.05) is 0 Å². The molecule has 3 nitrogen and oxygen atoms in total. The van der Waals surface area contributed by atoms with Crippen molar-refractivity contribution in [2.75, 3.05) is 13.1 Å². The zero-order chi connectivity index (χ0) is 11.5. The molecule has 1 N–H and O–H groups in total. The molecule has 0 bridgehead atoms. The molecule has 1 saturated heterocycles. The van der Waals surface area contributed by atoms with Gasteiger partial charge in [-0.05, 0) is 30.8 Å². The Kier molecular flexibility index (Phi) is 3.61. The summed E-state index contributed by atoms with van der Waals surface area (Å²) in [6.45, 7) is 3.78. The van der Waals surface area contributed by atoms with E-state index in [9.17, 15) is 4.79 Å². The third-order valence-corrected chi connectivity index (χ3v) is 4.24. The summed E-state index contributed by atoms with van der Waals surface area (Å²) < 4.78 is 0. The molecule has 0 saturated carbocycles. The molecule has 1 aromatic heterocycles. The van der Waals surface area contributed by atoms with Gasteiger partial charge < -0.3 is 5.11 Å². The van der Waals surface area contributed by atoms with E-state index in [0.717, 1.165) is 19.4 Å². The Morgan fingerprint density at radius 1 is 1.75 bits per heavy atom. The highest BCUT2D eigenvalue weighted by Gasteiger charge is 2.32. The van der Waals surface area contributed by atoms with Gasteiger partial charge >= 0.3 is 5.97 Å². The highest BCUT2D eigenvalue weighted by Crippen LogP contribution is 2.32. The molecular weight excluding hydrogens is 222 g/mol. The lowest BCUT2D eigenvalue weighted by atomic mass is 10.1. The maximum Gasteiger partial charge on any atom is 0.307 e. The number of nitrogens with zero attached hydrogens (tertiary/aromatic N) is 1. The first kappa shape index (κ1) is 11.6. The third-order valence-electron chi connectivity index (χ3n) is 3.27. The van der Waals surface area contributed by atoms with Crippen LogP contribution in [0.25, 0.3) is 0 Å². The van der Waals surface area contributed by atoms with Gasteiger partial charge in [0.2, 0.25) is 0 Å². The molecule has 1 fully saturated rings. The van der Waals surface area contributed by atoms with Crippen LogP contribution in [0.3, 0.4) is 0 Å². The van der Waals surface area contributed by atoms with Crippen molar-refractivity contribution in [1.82, 2.24) is 4.90 Å². The molecule has 2 unspecified atom stereocenters. The number of likely N-dealkylation sites (tertiary alicyclic amines) is 1. The number of thiophene rings is 1. The van der Waals surface area contributed by atoms with Crippen molar-refractivity contribution >= 4 is 17.3 Å². The zero-order valence-corrected chi connectivity index (χ0v) is 10.2. The van der Waals surface area contributed by atoms with Gasteiger partial charge in [0, 0.05) is 17.5 Å². The Labute approximate surface area is 99.7 Å². The Balaban J connectivity index is 2.04. The summed E-state index contributed by atoms with van der Waals surface area (Å²) in [6.07, 6.45) is 1.84. The molecule has 1 aliphatic rings. The van der Waals surface area contributed by atoms with Gasteiger partial charge in [-0.15, -0.1) is 11.3 Å². The van der Waals surface area contributed by atoms with Crippen molar-refractivity contribution < 1.29 is 9.90 Å². The predicted octanol–water partition coefficient (Wildman–Crippen LogP) is 2.61. The van der Waals surface area contributed by atoms with Gasteiger partial charge in [0.15, 0.2) is 0 Å². The van der Waals surface area contributed by atoms with Crippen LogP contribution in [-0.4, -0.2) is 29.1 Å². The van der Waals surface area contributed by atoms with E-state index < -0.39 is 5.97 Å². The van der Waals surface area contributed by atoms with Crippen LogP contribution in [0.5, 0.6) is 0 Å². The minimum Gasteiger partial charge on any atom is -0.481 e. The second-order valence-corrected chi connectivity index (χ2v) is 5.24. The molecule has 1 aromatic rings. The van der Waals surface area contributed by atoms with Crippen LogP contribution in [0.15, 0.2) is 17.5 Å². The topological polar surface area (TPSA) is 40.5 Å². The van der Waals surface area contributed by atoms with E-state index >= 15 is 0 Å². The van der Waals surface area contributed by atoms with Crippen molar-refractivity contribution in [2.24, 2.45) is 5.92 Å². The summed E-state index contributed by atoms with van der Waals surface area (Å²) in [5, 5.41) is 11.1. The number of carbonyl (C=O) groups is 1. The lowest BCUT2D eigenvalue weighted by Crippen LogP contribution is -2.27. The summed E-state index contributed by atoms with van der Waals surface area (Å²) in [4.78, 5) is 14.6. The summed E-state index contributed by atoms with van der Waals surface area (Å²) in [7, 11) is 0. The average molecular weight is 239 g/mol. The smallest absolute Gasteiger partial charge is 0.307 e.